The van der Waals surface area contributed by atoms with E-state index in [1.54, 1.807) is 0 Å². The number of aromatic nitrogens is 1. The van der Waals surface area contributed by atoms with E-state index in [1.165, 1.54) is 0 Å². The van der Waals surface area contributed by atoms with Gasteiger partial charge in [0.25, 0.3) is 6.43 Å². The van der Waals surface area contributed by atoms with E-state index < -0.39 is 24.8 Å². The number of rotatable bonds is 4. The van der Waals surface area contributed by atoms with Crippen LogP contribution in [0.2, 0.25) is 0 Å². The van der Waals surface area contributed by atoms with Crippen molar-refractivity contribution in [1.29, 1.82) is 0 Å². The van der Waals surface area contributed by atoms with Gasteiger partial charge in [-0.05, 0) is 6.07 Å². The fourth-order valence-corrected chi connectivity index (χ4v) is 1.68. The lowest BCUT2D eigenvalue weighted by Crippen LogP contribution is -2.10. The first kappa shape index (κ1) is 14.0. The number of pyridine rings is 1. The second-order valence-corrected chi connectivity index (χ2v) is 3.72. The molecule has 0 amide bonds. The van der Waals surface area contributed by atoms with E-state index in [1.807, 2.05) is 0 Å². The third-order valence-corrected chi connectivity index (χ3v) is 2.62. The smallest absolute Gasteiger partial charge is 0.310 e. The zero-order valence-corrected chi connectivity index (χ0v) is 10.4. The molecule has 0 atom stereocenters. The van der Waals surface area contributed by atoms with E-state index in [9.17, 15) is 18.0 Å². The molecule has 7 heteroatoms. The van der Waals surface area contributed by atoms with Crippen molar-refractivity contribution in [2.75, 3.05) is 7.11 Å². The summed E-state index contributed by atoms with van der Waals surface area (Å²) < 4.78 is 43.0. The first-order chi connectivity index (χ1) is 7.99. The van der Waals surface area contributed by atoms with Crippen LogP contribution in [0.15, 0.2) is 6.07 Å². The molecule has 0 unspecified atom stereocenters. The van der Waals surface area contributed by atoms with Crippen molar-refractivity contribution in [1.82, 2.24) is 4.98 Å². The molecule has 0 saturated carbocycles. The Hall–Kier alpha value is -1.11. The van der Waals surface area contributed by atoms with Gasteiger partial charge in [-0.15, -0.1) is 0 Å². The number of nitrogens with zero attached hydrogens (tertiary/aromatic N) is 1. The van der Waals surface area contributed by atoms with Crippen LogP contribution in [-0.4, -0.2) is 18.1 Å². The van der Waals surface area contributed by atoms with Crippen LogP contribution in [0.1, 0.15) is 23.2 Å². The number of carbonyl (C=O) groups is 1. The summed E-state index contributed by atoms with van der Waals surface area (Å²) in [7, 11) is 1.13. The second kappa shape index (κ2) is 6.00. The molecule has 0 aliphatic carbocycles. The van der Waals surface area contributed by atoms with Crippen molar-refractivity contribution in [3.05, 3.63) is 28.8 Å². The molecule has 3 nitrogen and oxygen atoms in total. The molecule has 0 aliphatic heterocycles. The molecule has 0 aliphatic rings. The Morgan fingerprint density at radius 1 is 1.59 bits per heavy atom. The molecule has 0 spiro atoms. The molecule has 17 heavy (non-hydrogen) atoms. The van der Waals surface area contributed by atoms with E-state index >= 15 is 0 Å². The minimum absolute atomic E-state index is 0.0160. The molecule has 1 aromatic heterocycles. The fourth-order valence-electron chi connectivity index (χ4n) is 1.23. The highest BCUT2D eigenvalue weighted by atomic mass is 79.9. The number of alkyl halides is 3. The van der Waals surface area contributed by atoms with Crippen molar-refractivity contribution in [3.8, 4) is 0 Å². The van der Waals surface area contributed by atoms with Gasteiger partial charge in [0.05, 0.1) is 19.2 Å². The summed E-state index contributed by atoms with van der Waals surface area (Å²) in [6.07, 6.45) is -3.19. The summed E-state index contributed by atoms with van der Waals surface area (Å²) in [5.74, 6) is -1.65. The van der Waals surface area contributed by atoms with E-state index in [-0.39, 0.29) is 22.2 Å². The Bertz CT molecular complexity index is 426. The van der Waals surface area contributed by atoms with Crippen molar-refractivity contribution in [2.45, 2.75) is 18.2 Å². The summed E-state index contributed by atoms with van der Waals surface area (Å²) in [5, 5.41) is 0.0160. The summed E-state index contributed by atoms with van der Waals surface area (Å²) in [4.78, 5) is 14.4. The van der Waals surface area contributed by atoms with E-state index in [0.29, 0.717) is 0 Å². The summed E-state index contributed by atoms with van der Waals surface area (Å²) >= 11 is 2.95. The topological polar surface area (TPSA) is 39.2 Å². The molecule has 94 valence electrons. The van der Waals surface area contributed by atoms with Gasteiger partial charge < -0.3 is 4.74 Å². The first-order valence-electron chi connectivity index (χ1n) is 4.58. The van der Waals surface area contributed by atoms with Crippen molar-refractivity contribution in [3.63, 3.8) is 0 Å². The van der Waals surface area contributed by atoms with Crippen LogP contribution in [0.3, 0.4) is 0 Å². The highest BCUT2D eigenvalue weighted by Crippen LogP contribution is 2.25. The Morgan fingerprint density at radius 2 is 2.24 bits per heavy atom. The quantitative estimate of drug-likeness (QED) is 0.487. The number of ether oxygens (including phenoxy) is 1. The Kier molecular flexibility index (Phi) is 4.92. The van der Waals surface area contributed by atoms with E-state index in [2.05, 4.69) is 25.7 Å². The number of halogens is 4. The van der Waals surface area contributed by atoms with Crippen molar-refractivity contribution in [2.24, 2.45) is 0 Å². The number of esters is 1. The van der Waals surface area contributed by atoms with E-state index in [4.69, 9.17) is 0 Å². The normalized spacial score (nSPS) is 10.7. The van der Waals surface area contributed by atoms with Gasteiger partial charge in [-0.3, -0.25) is 4.79 Å². The lowest BCUT2D eigenvalue weighted by atomic mass is 10.1. The van der Waals surface area contributed by atoms with E-state index in [0.717, 1.165) is 13.2 Å². The van der Waals surface area contributed by atoms with Crippen molar-refractivity contribution >= 4 is 21.9 Å². The first-order valence-corrected chi connectivity index (χ1v) is 5.70. The molecule has 1 rings (SSSR count). The predicted molar refractivity (Wildman–Crippen MR) is 57.5 cm³/mol. The number of carbonyl (C=O) groups excluding carboxylic acids is 1. The molecule has 1 heterocycles. The van der Waals surface area contributed by atoms with Gasteiger partial charge in [0.1, 0.15) is 0 Å². The monoisotopic (exact) mass is 311 g/mol. The fraction of sp³-hybridized carbons (Fsp3) is 0.400. The average molecular weight is 312 g/mol. The van der Waals surface area contributed by atoms with Gasteiger partial charge >= 0.3 is 5.97 Å². The third-order valence-electron chi connectivity index (χ3n) is 2.09. The van der Waals surface area contributed by atoms with Crippen LogP contribution in [0.5, 0.6) is 0 Å². The number of methoxy groups -OCH3 is 1. The third kappa shape index (κ3) is 3.42. The summed E-state index contributed by atoms with van der Waals surface area (Å²) in [6.45, 7) is 0. The molecule has 0 aromatic carbocycles. The summed E-state index contributed by atoms with van der Waals surface area (Å²) in [5.41, 5.74) is -0.662. The maximum atomic E-state index is 13.4. The van der Waals surface area contributed by atoms with Crippen LogP contribution in [0.4, 0.5) is 13.2 Å². The Balaban J connectivity index is 3.15. The highest BCUT2D eigenvalue weighted by Gasteiger charge is 2.19. The second-order valence-electron chi connectivity index (χ2n) is 3.16. The maximum absolute atomic E-state index is 13.4. The minimum atomic E-state index is -2.77. The van der Waals surface area contributed by atoms with Gasteiger partial charge in [0.15, 0.2) is 0 Å². The standard InChI is InChI=1S/C10H9BrF3NO2/c1-17-8(16)3-5-2-6(9(12)13)7(4-11)15-10(5)14/h2,9H,3-4H2,1H3. The van der Waals surface area contributed by atoms with Crippen LogP contribution >= 0.6 is 15.9 Å². The van der Waals surface area contributed by atoms with Gasteiger partial charge in [0.2, 0.25) is 5.95 Å². The highest BCUT2D eigenvalue weighted by molar-refractivity contribution is 9.08. The van der Waals surface area contributed by atoms with Gasteiger partial charge in [-0.25, -0.2) is 13.8 Å². The largest absolute Gasteiger partial charge is 0.469 e. The number of hydrogen-bond donors (Lipinski definition) is 0. The molecule has 0 saturated heterocycles. The molecule has 1 aromatic rings. The average Bonchev–Trinajstić information content (AvgIpc) is 2.30. The molecular weight excluding hydrogens is 303 g/mol. The lowest BCUT2D eigenvalue weighted by Gasteiger charge is -2.09. The zero-order valence-electron chi connectivity index (χ0n) is 8.84. The van der Waals surface area contributed by atoms with Crippen LogP contribution in [-0.2, 0) is 21.3 Å². The van der Waals surface area contributed by atoms with Crippen molar-refractivity contribution < 1.29 is 22.7 Å². The van der Waals surface area contributed by atoms with Gasteiger partial charge in [-0.1, -0.05) is 15.9 Å². The molecule has 0 N–H and O–H groups in total. The van der Waals surface area contributed by atoms with Crippen LogP contribution in [0.25, 0.3) is 0 Å². The SMILES string of the molecule is COC(=O)Cc1cc(C(F)F)c(CBr)nc1F. The van der Waals surface area contributed by atoms with Crippen LogP contribution in [0, 0.1) is 5.95 Å². The molecule has 0 radical (unpaired) electrons. The van der Waals surface area contributed by atoms with Gasteiger partial charge in [-0.2, -0.15) is 4.39 Å². The molecule has 0 fully saturated rings. The maximum Gasteiger partial charge on any atom is 0.310 e. The summed E-state index contributed by atoms with van der Waals surface area (Å²) in [6, 6.07) is 0.945. The minimum Gasteiger partial charge on any atom is -0.469 e. The number of hydrogen-bond acceptors (Lipinski definition) is 3. The zero-order chi connectivity index (χ0) is 13.0. The van der Waals surface area contributed by atoms with Gasteiger partial charge in [0, 0.05) is 16.5 Å². The predicted octanol–water partition coefficient (Wildman–Crippen LogP) is 2.77. The van der Waals surface area contributed by atoms with Crippen LogP contribution < -0.4 is 0 Å². The molecular formula is C10H9BrF3NO2. The molecule has 0 bridgehead atoms. The Morgan fingerprint density at radius 3 is 2.71 bits per heavy atom. The Labute approximate surface area is 104 Å². The lowest BCUT2D eigenvalue weighted by molar-refractivity contribution is -0.139.